The zero-order valence-corrected chi connectivity index (χ0v) is 17.7. The van der Waals surface area contributed by atoms with Gasteiger partial charge in [-0.15, -0.1) is 0 Å². The van der Waals surface area contributed by atoms with E-state index in [1.165, 1.54) is 22.5 Å². The van der Waals surface area contributed by atoms with Crippen molar-refractivity contribution in [3.05, 3.63) is 83.1 Å². The van der Waals surface area contributed by atoms with Gasteiger partial charge in [0.15, 0.2) is 0 Å². The highest BCUT2D eigenvalue weighted by atomic mass is 19.1. The minimum atomic E-state index is -1.65. The third-order valence-corrected chi connectivity index (χ3v) is 4.93. The van der Waals surface area contributed by atoms with E-state index in [0.29, 0.717) is 18.3 Å². The van der Waals surface area contributed by atoms with Crippen molar-refractivity contribution in [3.63, 3.8) is 0 Å². The normalized spacial score (nSPS) is 11.9. The van der Waals surface area contributed by atoms with E-state index in [1.807, 2.05) is 24.3 Å². The summed E-state index contributed by atoms with van der Waals surface area (Å²) in [6.45, 7) is 4.06. The fraction of sp³-hybridized carbons (Fsp3) is 0.261. The lowest BCUT2D eigenvalue weighted by atomic mass is 10.0. The van der Waals surface area contributed by atoms with E-state index < -0.39 is 41.7 Å². The average molecular weight is 442 g/mol. The molecule has 7 nitrogen and oxygen atoms in total. The van der Waals surface area contributed by atoms with Crippen LogP contribution in [0.2, 0.25) is 0 Å². The number of halogens is 2. The Morgan fingerprint density at radius 3 is 2.31 bits per heavy atom. The Bertz CT molecular complexity index is 1080. The third-order valence-electron chi connectivity index (χ3n) is 4.93. The van der Waals surface area contributed by atoms with Gasteiger partial charge in [0.2, 0.25) is 0 Å². The molecule has 1 atom stereocenters. The van der Waals surface area contributed by atoms with E-state index in [4.69, 9.17) is 0 Å². The lowest BCUT2D eigenvalue weighted by Crippen LogP contribution is -2.38. The molecule has 3 N–H and O–H groups in total. The van der Waals surface area contributed by atoms with Crippen LogP contribution in [0, 0.1) is 11.6 Å². The third kappa shape index (κ3) is 5.55. The molecule has 32 heavy (non-hydrogen) atoms. The lowest BCUT2D eigenvalue weighted by molar-refractivity contribution is -0.136. The van der Waals surface area contributed by atoms with Crippen LogP contribution in [0.4, 0.5) is 14.6 Å². The summed E-state index contributed by atoms with van der Waals surface area (Å²) in [5, 5.41) is 18.8. The Kier molecular flexibility index (Phi) is 7.32. The van der Waals surface area contributed by atoms with Gasteiger partial charge in [-0.25, -0.2) is 13.5 Å². The van der Waals surface area contributed by atoms with Crippen molar-refractivity contribution in [2.24, 2.45) is 0 Å². The first kappa shape index (κ1) is 23.1. The molecule has 1 unspecified atom stereocenters. The SMILES string of the molecule is CC(C)c1ccc(Cn2nccc2NC(=O)C(=O)NCC(O)c2c(F)cccc2F)cc1. The Morgan fingerprint density at radius 1 is 1.03 bits per heavy atom. The van der Waals surface area contributed by atoms with Gasteiger partial charge in [-0.05, 0) is 29.2 Å². The first-order valence-electron chi connectivity index (χ1n) is 10.1. The van der Waals surface area contributed by atoms with Crippen LogP contribution in [0.15, 0.2) is 54.7 Å². The number of nitrogens with zero attached hydrogens (tertiary/aromatic N) is 2. The summed E-state index contributed by atoms with van der Waals surface area (Å²) in [6, 6.07) is 12.7. The average Bonchev–Trinajstić information content (AvgIpc) is 3.18. The minimum absolute atomic E-state index is 0.304. The maximum atomic E-state index is 13.7. The van der Waals surface area contributed by atoms with Crippen LogP contribution in [0.5, 0.6) is 0 Å². The number of aromatic nitrogens is 2. The van der Waals surface area contributed by atoms with Crippen LogP contribution in [0.3, 0.4) is 0 Å². The van der Waals surface area contributed by atoms with Crippen LogP contribution in [-0.4, -0.2) is 33.2 Å². The molecule has 3 rings (SSSR count). The highest BCUT2D eigenvalue weighted by Gasteiger charge is 2.21. The molecule has 0 fully saturated rings. The molecule has 168 valence electrons. The molecule has 0 aliphatic heterocycles. The standard InChI is InChI=1S/C23H24F2N4O3/c1-14(2)16-8-6-15(7-9-16)13-29-20(10-11-27-29)28-23(32)22(31)26-12-19(30)21-17(24)4-3-5-18(21)25/h3-11,14,19,30H,12-13H2,1-2H3,(H,26,31)(H,28,32). The van der Waals surface area contributed by atoms with E-state index in [2.05, 4.69) is 29.6 Å². The minimum Gasteiger partial charge on any atom is -0.386 e. The molecular weight excluding hydrogens is 418 g/mol. The second kappa shape index (κ2) is 10.1. The van der Waals surface area contributed by atoms with Gasteiger partial charge in [-0.2, -0.15) is 5.10 Å². The smallest absolute Gasteiger partial charge is 0.314 e. The number of anilines is 1. The van der Waals surface area contributed by atoms with Crippen LogP contribution >= 0.6 is 0 Å². The summed E-state index contributed by atoms with van der Waals surface area (Å²) in [7, 11) is 0. The molecule has 1 heterocycles. The second-order valence-corrected chi connectivity index (χ2v) is 7.59. The van der Waals surface area contributed by atoms with E-state index in [0.717, 1.165) is 23.8 Å². The van der Waals surface area contributed by atoms with E-state index >= 15 is 0 Å². The van der Waals surface area contributed by atoms with Crippen molar-refractivity contribution in [2.45, 2.75) is 32.4 Å². The maximum absolute atomic E-state index is 13.7. The van der Waals surface area contributed by atoms with Crippen molar-refractivity contribution in [1.82, 2.24) is 15.1 Å². The molecule has 0 saturated carbocycles. The number of benzene rings is 2. The number of aliphatic hydroxyl groups excluding tert-OH is 1. The first-order chi connectivity index (χ1) is 15.3. The first-order valence-corrected chi connectivity index (χ1v) is 10.1. The summed E-state index contributed by atoms with van der Waals surface area (Å²) in [6.07, 6.45) is -0.159. The number of rotatable bonds is 7. The van der Waals surface area contributed by atoms with E-state index in [1.54, 1.807) is 0 Å². The number of nitrogens with one attached hydrogen (secondary N) is 2. The Balaban J connectivity index is 1.58. The van der Waals surface area contributed by atoms with Crippen molar-refractivity contribution in [1.29, 1.82) is 0 Å². The van der Waals surface area contributed by atoms with Crippen LogP contribution < -0.4 is 10.6 Å². The van der Waals surface area contributed by atoms with Gasteiger partial charge in [0.05, 0.1) is 18.3 Å². The van der Waals surface area contributed by atoms with Gasteiger partial charge < -0.3 is 15.7 Å². The van der Waals surface area contributed by atoms with Crippen molar-refractivity contribution in [2.75, 3.05) is 11.9 Å². The summed E-state index contributed by atoms with van der Waals surface area (Å²) < 4.78 is 29.0. The topological polar surface area (TPSA) is 96.2 Å². The molecule has 9 heteroatoms. The summed E-state index contributed by atoms with van der Waals surface area (Å²) in [5.41, 5.74) is 1.60. The molecule has 0 radical (unpaired) electrons. The Labute approximate surface area is 184 Å². The number of hydrogen-bond donors (Lipinski definition) is 3. The fourth-order valence-electron chi connectivity index (χ4n) is 3.12. The Hall–Kier alpha value is -3.59. The van der Waals surface area contributed by atoms with Crippen molar-refractivity contribution < 1.29 is 23.5 Å². The number of aliphatic hydroxyl groups is 1. The predicted octanol–water partition coefficient (Wildman–Crippen LogP) is 3.12. The highest BCUT2D eigenvalue weighted by molar-refractivity contribution is 6.39. The lowest BCUT2D eigenvalue weighted by Gasteiger charge is -2.14. The summed E-state index contributed by atoms with van der Waals surface area (Å²) in [5.74, 6) is -3.23. The number of hydrogen-bond acceptors (Lipinski definition) is 4. The molecule has 0 bridgehead atoms. The van der Waals surface area contributed by atoms with Crippen molar-refractivity contribution in [3.8, 4) is 0 Å². The number of carbonyl (C=O) groups is 2. The van der Waals surface area contributed by atoms with Crippen LogP contribution in [-0.2, 0) is 16.1 Å². The van der Waals surface area contributed by atoms with E-state index in [-0.39, 0.29) is 0 Å². The maximum Gasteiger partial charge on any atom is 0.314 e. The zero-order valence-electron chi connectivity index (χ0n) is 17.7. The van der Waals surface area contributed by atoms with Gasteiger partial charge in [-0.3, -0.25) is 9.59 Å². The molecule has 0 aliphatic carbocycles. The van der Waals surface area contributed by atoms with Gasteiger partial charge in [0, 0.05) is 12.6 Å². The summed E-state index contributed by atoms with van der Waals surface area (Å²) >= 11 is 0. The van der Waals surface area contributed by atoms with Crippen molar-refractivity contribution >= 4 is 17.6 Å². The molecule has 1 aromatic heterocycles. The quantitative estimate of drug-likeness (QED) is 0.490. The van der Waals surface area contributed by atoms with Gasteiger partial charge >= 0.3 is 11.8 Å². The molecule has 0 spiro atoms. The van der Waals surface area contributed by atoms with Crippen LogP contribution in [0.25, 0.3) is 0 Å². The number of amides is 2. The van der Waals surface area contributed by atoms with Crippen LogP contribution in [0.1, 0.15) is 42.6 Å². The molecule has 3 aromatic rings. The molecule has 2 amide bonds. The number of carbonyl (C=O) groups excluding carboxylic acids is 2. The highest BCUT2D eigenvalue weighted by Crippen LogP contribution is 2.20. The van der Waals surface area contributed by atoms with E-state index in [9.17, 15) is 23.5 Å². The van der Waals surface area contributed by atoms with Gasteiger partial charge in [0.1, 0.15) is 23.6 Å². The Morgan fingerprint density at radius 2 is 1.69 bits per heavy atom. The molecule has 0 saturated heterocycles. The summed E-state index contributed by atoms with van der Waals surface area (Å²) in [4.78, 5) is 24.3. The molecule has 2 aromatic carbocycles. The fourth-order valence-corrected chi connectivity index (χ4v) is 3.12. The predicted molar refractivity (Wildman–Crippen MR) is 115 cm³/mol. The molecular formula is C23H24F2N4O3. The largest absolute Gasteiger partial charge is 0.386 e. The van der Waals surface area contributed by atoms with Gasteiger partial charge in [0.25, 0.3) is 0 Å². The second-order valence-electron chi connectivity index (χ2n) is 7.59. The zero-order chi connectivity index (χ0) is 23.3. The monoisotopic (exact) mass is 442 g/mol. The van der Waals surface area contributed by atoms with Gasteiger partial charge in [-0.1, -0.05) is 44.2 Å². The molecule has 0 aliphatic rings.